The van der Waals surface area contributed by atoms with E-state index in [0.717, 1.165) is 23.9 Å². The van der Waals surface area contributed by atoms with Gasteiger partial charge in [0.1, 0.15) is 0 Å². The number of rotatable bonds is 5. The number of nitrogens with zero attached hydrogens (tertiary/aromatic N) is 1. The van der Waals surface area contributed by atoms with E-state index < -0.39 is 0 Å². The van der Waals surface area contributed by atoms with Crippen molar-refractivity contribution in [3.05, 3.63) is 24.3 Å². The molecular formula is C12H15N3O2S. The van der Waals surface area contributed by atoms with Gasteiger partial charge in [-0.05, 0) is 30.8 Å². The molecule has 1 aromatic heterocycles. The lowest BCUT2D eigenvalue weighted by molar-refractivity contribution is 0.196. The number of hydrogen-bond donors (Lipinski definition) is 2. The zero-order valence-electron chi connectivity index (χ0n) is 10.1. The first-order chi connectivity index (χ1) is 8.81. The molecule has 1 heterocycles. The normalized spacial score (nSPS) is 10.5. The SMILES string of the molecule is COCCCNC(=S)Nc1noc2ccccc12. The summed E-state index contributed by atoms with van der Waals surface area (Å²) in [6, 6.07) is 7.63. The maximum atomic E-state index is 5.17. The van der Waals surface area contributed by atoms with E-state index in [1.807, 2.05) is 24.3 Å². The summed E-state index contributed by atoms with van der Waals surface area (Å²) in [6.45, 7) is 1.47. The quantitative estimate of drug-likeness (QED) is 0.638. The van der Waals surface area contributed by atoms with Crippen LogP contribution in [0.2, 0.25) is 0 Å². The van der Waals surface area contributed by atoms with Crippen molar-refractivity contribution in [3.8, 4) is 0 Å². The molecule has 0 saturated heterocycles. The number of thiocarbonyl (C=S) groups is 1. The molecule has 0 unspecified atom stereocenters. The largest absolute Gasteiger partial charge is 0.385 e. The molecule has 18 heavy (non-hydrogen) atoms. The van der Waals surface area contributed by atoms with Crippen LogP contribution in [0.4, 0.5) is 5.82 Å². The maximum absolute atomic E-state index is 5.17. The molecule has 96 valence electrons. The van der Waals surface area contributed by atoms with Gasteiger partial charge < -0.3 is 19.9 Å². The maximum Gasteiger partial charge on any atom is 0.183 e. The fourth-order valence-electron chi connectivity index (χ4n) is 1.55. The molecule has 0 atom stereocenters. The molecule has 5 nitrogen and oxygen atoms in total. The van der Waals surface area contributed by atoms with Gasteiger partial charge in [-0.1, -0.05) is 17.3 Å². The molecule has 0 saturated carbocycles. The molecule has 0 fully saturated rings. The van der Waals surface area contributed by atoms with Crippen LogP contribution < -0.4 is 10.6 Å². The highest BCUT2D eigenvalue weighted by Crippen LogP contribution is 2.21. The Morgan fingerprint density at radius 3 is 3.11 bits per heavy atom. The van der Waals surface area contributed by atoms with E-state index >= 15 is 0 Å². The molecule has 1 aromatic carbocycles. The average Bonchev–Trinajstić information content (AvgIpc) is 2.78. The highest BCUT2D eigenvalue weighted by Gasteiger charge is 2.07. The van der Waals surface area contributed by atoms with E-state index in [9.17, 15) is 0 Å². The Morgan fingerprint density at radius 1 is 1.44 bits per heavy atom. The predicted octanol–water partition coefficient (Wildman–Crippen LogP) is 2.15. The van der Waals surface area contributed by atoms with Gasteiger partial charge in [0.25, 0.3) is 0 Å². The minimum atomic E-state index is 0.533. The van der Waals surface area contributed by atoms with E-state index in [1.54, 1.807) is 7.11 Å². The monoisotopic (exact) mass is 265 g/mol. The van der Waals surface area contributed by atoms with Crippen LogP contribution in [0.5, 0.6) is 0 Å². The second kappa shape index (κ2) is 6.32. The van der Waals surface area contributed by atoms with Gasteiger partial charge in [0, 0.05) is 20.3 Å². The first kappa shape index (κ1) is 12.8. The molecule has 0 aliphatic carbocycles. The molecule has 2 aromatic rings. The van der Waals surface area contributed by atoms with Crippen LogP contribution in [0.15, 0.2) is 28.8 Å². The molecule has 0 aliphatic heterocycles. The van der Waals surface area contributed by atoms with Crippen molar-refractivity contribution in [2.45, 2.75) is 6.42 Å². The van der Waals surface area contributed by atoms with Gasteiger partial charge in [0.2, 0.25) is 0 Å². The Bertz CT molecular complexity index is 527. The molecule has 0 radical (unpaired) electrons. The van der Waals surface area contributed by atoms with Crippen LogP contribution in [0.1, 0.15) is 6.42 Å². The molecule has 6 heteroatoms. The van der Waals surface area contributed by atoms with Crippen molar-refractivity contribution < 1.29 is 9.26 Å². The molecule has 0 bridgehead atoms. The summed E-state index contributed by atoms with van der Waals surface area (Å²) in [7, 11) is 1.68. The Labute approximate surface area is 110 Å². The smallest absolute Gasteiger partial charge is 0.183 e. The van der Waals surface area contributed by atoms with Crippen LogP contribution >= 0.6 is 12.2 Å². The molecule has 2 N–H and O–H groups in total. The van der Waals surface area contributed by atoms with Crippen LogP contribution in [-0.4, -0.2) is 30.5 Å². The third kappa shape index (κ3) is 3.18. The van der Waals surface area contributed by atoms with Crippen molar-refractivity contribution in [1.82, 2.24) is 10.5 Å². The van der Waals surface area contributed by atoms with Gasteiger partial charge in [-0.2, -0.15) is 0 Å². The van der Waals surface area contributed by atoms with E-state index in [1.165, 1.54) is 0 Å². The number of benzene rings is 1. The standard InChI is InChI=1S/C12H15N3O2S/c1-16-8-4-7-13-12(18)14-11-9-5-2-3-6-10(9)17-15-11/h2-3,5-6H,4,7-8H2,1H3,(H2,13,14,15,18). The minimum absolute atomic E-state index is 0.533. The van der Waals surface area contributed by atoms with Gasteiger partial charge in [0.15, 0.2) is 16.5 Å². The Balaban J connectivity index is 1.91. The van der Waals surface area contributed by atoms with Crippen LogP contribution in [0, 0.1) is 0 Å². The number of methoxy groups -OCH3 is 1. The number of aromatic nitrogens is 1. The molecular weight excluding hydrogens is 250 g/mol. The number of para-hydroxylation sites is 1. The zero-order chi connectivity index (χ0) is 12.8. The summed E-state index contributed by atoms with van der Waals surface area (Å²) < 4.78 is 10.1. The minimum Gasteiger partial charge on any atom is -0.385 e. The second-order valence-electron chi connectivity index (χ2n) is 3.75. The van der Waals surface area contributed by atoms with E-state index in [2.05, 4.69) is 15.8 Å². The summed E-state index contributed by atoms with van der Waals surface area (Å²) >= 11 is 5.17. The van der Waals surface area contributed by atoms with E-state index in [0.29, 0.717) is 17.5 Å². The Morgan fingerprint density at radius 2 is 2.28 bits per heavy atom. The van der Waals surface area contributed by atoms with Gasteiger partial charge in [-0.15, -0.1) is 0 Å². The number of anilines is 1. The second-order valence-corrected chi connectivity index (χ2v) is 4.16. The Hall–Kier alpha value is -1.66. The van der Waals surface area contributed by atoms with Crippen LogP contribution in [-0.2, 0) is 4.74 Å². The summed E-state index contributed by atoms with van der Waals surface area (Å²) in [5.74, 6) is 0.634. The van der Waals surface area contributed by atoms with Crippen molar-refractivity contribution in [2.24, 2.45) is 0 Å². The van der Waals surface area contributed by atoms with E-state index in [-0.39, 0.29) is 0 Å². The molecule has 2 rings (SSSR count). The summed E-state index contributed by atoms with van der Waals surface area (Å²) in [5.41, 5.74) is 0.738. The average molecular weight is 265 g/mol. The predicted molar refractivity (Wildman–Crippen MR) is 74.7 cm³/mol. The lowest BCUT2D eigenvalue weighted by Gasteiger charge is -2.07. The lowest BCUT2D eigenvalue weighted by Crippen LogP contribution is -2.29. The first-order valence-electron chi connectivity index (χ1n) is 5.69. The third-order valence-electron chi connectivity index (χ3n) is 2.42. The van der Waals surface area contributed by atoms with Gasteiger partial charge in [0.05, 0.1) is 5.39 Å². The highest BCUT2D eigenvalue weighted by atomic mass is 32.1. The summed E-state index contributed by atoms with van der Waals surface area (Å²) in [5, 5.41) is 11.5. The van der Waals surface area contributed by atoms with E-state index in [4.69, 9.17) is 21.5 Å². The highest BCUT2D eigenvalue weighted by molar-refractivity contribution is 7.80. The fourth-order valence-corrected chi connectivity index (χ4v) is 1.74. The Kier molecular flexibility index (Phi) is 4.49. The fraction of sp³-hybridized carbons (Fsp3) is 0.333. The lowest BCUT2D eigenvalue weighted by atomic mass is 10.2. The number of nitrogens with one attached hydrogen (secondary N) is 2. The summed E-state index contributed by atoms with van der Waals surface area (Å²) in [4.78, 5) is 0. The van der Waals surface area contributed by atoms with Gasteiger partial charge in [-0.25, -0.2) is 0 Å². The van der Waals surface area contributed by atoms with Crippen molar-refractivity contribution in [1.29, 1.82) is 0 Å². The molecule has 0 aliphatic rings. The number of hydrogen-bond acceptors (Lipinski definition) is 4. The van der Waals surface area contributed by atoms with Gasteiger partial charge >= 0.3 is 0 Å². The van der Waals surface area contributed by atoms with Crippen molar-refractivity contribution in [2.75, 3.05) is 25.6 Å². The number of ether oxygens (including phenoxy) is 1. The van der Waals surface area contributed by atoms with Crippen LogP contribution in [0.25, 0.3) is 11.0 Å². The topological polar surface area (TPSA) is 59.3 Å². The van der Waals surface area contributed by atoms with Crippen molar-refractivity contribution >= 4 is 34.1 Å². The molecule has 0 spiro atoms. The zero-order valence-corrected chi connectivity index (χ0v) is 10.9. The van der Waals surface area contributed by atoms with Gasteiger partial charge in [-0.3, -0.25) is 0 Å². The summed E-state index contributed by atoms with van der Waals surface area (Å²) in [6.07, 6.45) is 0.901. The van der Waals surface area contributed by atoms with Crippen molar-refractivity contribution in [3.63, 3.8) is 0 Å². The third-order valence-corrected chi connectivity index (χ3v) is 2.67. The first-order valence-corrected chi connectivity index (χ1v) is 6.10. The van der Waals surface area contributed by atoms with Crippen LogP contribution in [0.3, 0.4) is 0 Å². The number of fused-ring (bicyclic) bond motifs is 1. The molecule has 0 amide bonds.